The fourth-order valence-corrected chi connectivity index (χ4v) is 0.553. The molecule has 14 heavy (non-hydrogen) atoms. The molecule has 0 spiro atoms. The summed E-state index contributed by atoms with van der Waals surface area (Å²) >= 11 is 0. The van der Waals surface area contributed by atoms with E-state index in [1.54, 1.807) is 13.8 Å². The first-order valence-electron chi connectivity index (χ1n) is 3.97. The molecule has 0 aliphatic carbocycles. The number of hydrogen-bond donors (Lipinski definition) is 2. The Morgan fingerprint density at radius 3 is 2.21 bits per heavy atom. The van der Waals surface area contributed by atoms with Crippen molar-refractivity contribution in [1.29, 1.82) is 0 Å². The van der Waals surface area contributed by atoms with Crippen LogP contribution < -0.4 is 11.1 Å². The second-order valence-electron chi connectivity index (χ2n) is 3.42. The lowest BCUT2D eigenvalue weighted by Crippen LogP contribution is -2.44. The van der Waals surface area contributed by atoms with Gasteiger partial charge in [0.15, 0.2) is 0 Å². The molecular formula is C8H14N2O4. The van der Waals surface area contributed by atoms with Crippen LogP contribution in [0, 0.1) is 5.41 Å². The zero-order valence-corrected chi connectivity index (χ0v) is 8.42. The highest BCUT2D eigenvalue weighted by Crippen LogP contribution is 2.11. The van der Waals surface area contributed by atoms with Crippen LogP contribution in [0.5, 0.6) is 0 Å². The molecule has 0 saturated heterocycles. The van der Waals surface area contributed by atoms with Crippen LogP contribution in [0.25, 0.3) is 0 Å². The number of nitrogens with one attached hydrogen (secondary N) is 1. The van der Waals surface area contributed by atoms with Gasteiger partial charge in [0.1, 0.15) is 0 Å². The van der Waals surface area contributed by atoms with Gasteiger partial charge >= 0.3 is 11.9 Å². The van der Waals surface area contributed by atoms with Crippen LogP contribution >= 0.6 is 0 Å². The lowest BCUT2D eigenvalue weighted by atomic mass is 9.93. The summed E-state index contributed by atoms with van der Waals surface area (Å²) < 4.78 is 4.17. The van der Waals surface area contributed by atoms with E-state index in [0.717, 1.165) is 7.11 Å². The summed E-state index contributed by atoms with van der Waals surface area (Å²) in [5.74, 6) is -2.44. The number of nitrogens with two attached hydrogens (primary N) is 1. The van der Waals surface area contributed by atoms with E-state index in [1.807, 2.05) is 0 Å². The van der Waals surface area contributed by atoms with Crippen molar-refractivity contribution < 1.29 is 19.1 Å². The Balaban J connectivity index is 4.13. The maximum absolute atomic E-state index is 10.9. The molecule has 0 fully saturated rings. The number of esters is 1. The molecule has 6 nitrogen and oxygen atoms in total. The van der Waals surface area contributed by atoms with E-state index in [4.69, 9.17) is 5.73 Å². The van der Waals surface area contributed by atoms with Crippen LogP contribution in [0.3, 0.4) is 0 Å². The fraction of sp³-hybridized carbons (Fsp3) is 0.625. The van der Waals surface area contributed by atoms with Crippen molar-refractivity contribution in [3.63, 3.8) is 0 Å². The average molecular weight is 202 g/mol. The van der Waals surface area contributed by atoms with Crippen LogP contribution in [-0.4, -0.2) is 31.4 Å². The lowest BCUT2D eigenvalue weighted by molar-refractivity contribution is -0.153. The second kappa shape index (κ2) is 4.59. The highest BCUT2D eigenvalue weighted by atomic mass is 16.5. The molecule has 0 unspecified atom stereocenters. The van der Waals surface area contributed by atoms with E-state index >= 15 is 0 Å². The van der Waals surface area contributed by atoms with Gasteiger partial charge in [0.25, 0.3) is 0 Å². The number of rotatable bonds is 3. The average Bonchev–Trinajstić information content (AvgIpc) is 2.12. The number of ether oxygens (including phenoxy) is 1. The number of carbonyl (C=O) groups excluding carboxylic acids is 3. The molecule has 0 bridgehead atoms. The first-order valence-corrected chi connectivity index (χ1v) is 3.97. The predicted molar refractivity (Wildman–Crippen MR) is 48.0 cm³/mol. The molecule has 3 N–H and O–H groups in total. The lowest BCUT2D eigenvalue weighted by Gasteiger charge is -2.19. The third-order valence-electron chi connectivity index (χ3n) is 1.73. The van der Waals surface area contributed by atoms with Crippen LogP contribution in [0.4, 0.5) is 0 Å². The molecule has 0 radical (unpaired) electrons. The Labute approximate surface area is 81.8 Å². The summed E-state index contributed by atoms with van der Waals surface area (Å²) in [7, 11) is 1.10. The predicted octanol–water partition coefficient (Wildman–Crippen LogP) is -1.21. The van der Waals surface area contributed by atoms with Crippen molar-refractivity contribution in [2.45, 2.75) is 13.8 Å². The molecule has 0 aliphatic heterocycles. The van der Waals surface area contributed by atoms with Gasteiger partial charge in [-0.1, -0.05) is 0 Å². The van der Waals surface area contributed by atoms with Gasteiger partial charge in [-0.25, -0.2) is 4.79 Å². The molecule has 0 rings (SSSR count). The SMILES string of the molecule is COC(=O)C(=O)NCC(C)(C)C(N)=O. The second-order valence-corrected chi connectivity index (χ2v) is 3.42. The third kappa shape index (κ3) is 3.42. The van der Waals surface area contributed by atoms with Gasteiger partial charge in [-0.05, 0) is 13.8 Å². The summed E-state index contributed by atoms with van der Waals surface area (Å²) in [5, 5.41) is 2.24. The van der Waals surface area contributed by atoms with Crippen molar-refractivity contribution in [2.75, 3.05) is 13.7 Å². The molecule has 0 saturated carbocycles. The van der Waals surface area contributed by atoms with Crippen molar-refractivity contribution in [3.05, 3.63) is 0 Å². The summed E-state index contributed by atoms with van der Waals surface area (Å²) in [6.45, 7) is 3.12. The zero-order valence-electron chi connectivity index (χ0n) is 8.42. The summed E-state index contributed by atoms with van der Waals surface area (Å²) in [6, 6.07) is 0. The molecule has 0 aromatic rings. The summed E-state index contributed by atoms with van der Waals surface area (Å²) in [6.07, 6.45) is 0. The van der Waals surface area contributed by atoms with Gasteiger partial charge in [0.2, 0.25) is 5.91 Å². The Morgan fingerprint density at radius 1 is 1.36 bits per heavy atom. The zero-order chi connectivity index (χ0) is 11.4. The van der Waals surface area contributed by atoms with E-state index in [-0.39, 0.29) is 6.54 Å². The first-order chi connectivity index (χ1) is 6.31. The number of carbonyl (C=O) groups is 3. The van der Waals surface area contributed by atoms with Gasteiger partial charge in [0, 0.05) is 6.54 Å². The highest BCUT2D eigenvalue weighted by molar-refractivity contribution is 6.32. The number of primary amides is 1. The third-order valence-corrected chi connectivity index (χ3v) is 1.73. The topological polar surface area (TPSA) is 98.5 Å². The van der Waals surface area contributed by atoms with Crippen LogP contribution in [-0.2, 0) is 19.1 Å². The smallest absolute Gasteiger partial charge is 0.396 e. The molecule has 6 heteroatoms. The highest BCUT2D eigenvalue weighted by Gasteiger charge is 2.26. The first kappa shape index (κ1) is 12.4. The van der Waals surface area contributed by atoms with Crippen LogP contribution in [0.1, 0.15) is 13.8 Å². The number of amides is 2. The van der Waals surface area contributed by atoms with E-state index in [2.05, 4.69) is 10.1 Å². The molecule has 2 amide bonds. The maximum Gasteiger partial charge on any atom is 0.396 e. The number of methoxy groups -OCH3 is 1. The van der Waals surface area contributed by atoms with Crippen LogP contribution in [0.15, 0.2) is 0 Å². The molecule has 80 valence electrons. The van der Waals surface area contributed by atoms with Crippen molar-refractivity contribution in [2.24, 2.45) is 11.1 Å². The van der Waals surface area contributed by atoms with Gasteiger partial charge in [-0.2, -0.15) is 0 Å². The Kier molecular flexibility index (Phi) is 4.07. The summed E-state index contributed by atoms with van der Waals surface area (Å²) in [5.41, 5.74) is 4.17. The molecule has 0 aromatic heterocycles. The van der Waals surface area contributed by atoms with Gasteiger partial charge in [-0.15, -0.1) is 0 Å². The normalized spacial score (nSPS) is 10.5. The molecule has 0 aromatic carbocycles. The van der Waals surface area contributed by atoms with E-state index < -0.39 is 23.2 Å². The van der Waals surface area contributed by atoms with Gasteiger partial charge in [-0.3, -0.25) is 9.59 Å². The molecule has 0 aliphatic rings. The molecule has 0 atom stereocenters. The monoisotopic (exact) mass is 202 g/mol. The van der Waals surface area contributed by atoms with Crippen molar-refractivity contribution in [3.8, 4) is 0 Å². The van der Waals surface area contributed by atoms with Gasteiger partial charge < -0.3 is 15.8 Å². The minimum absolute atomic E-state index is 0.00370. The quantitative estimate of drug-likeness (QED) is 0.443. The summed E-state index contributed by atoms with van der Waals surface area (Å²) in [4.78, 5) is 32.4. The number of hydrogen-bond acceptors (Lipinski definition) is 4. The van der Waals surface area contributed by atoms with Crippen molar-refractivity contribution in [1.82, 2.24) is 5.32 Å². The Morgan fingerprint density at radius 2 is 1.86 bits per heavy atom. The van der Waals surface area contributed by atoms with E-state index in [9.17, 15) is 14.4 Å². The largest absolute Gasteiger partial charge is 0.462 e. The standard InChI is InChI=1S/C8H14N2O4/c1-8(2,7(9)13)4-10-5(11)6(12)14-3/h4H2,1-3H3,(H2,9,13)(H,10,11). The minimum Gasteiger partial charge on any atom is -0.462 e. The maximum atomic E-state index is 10.9. The van der Waals surface area contributed by atoms with Gasteiger partial charge in [0.05, 0.1) is 12.5 Å². The van der Waals surface area contributed by atoms with Crippen molar-refractivity contribution >= 4 is 17.8 Å². The van der Waals surface area contributed by atoms with Crippen LogP contribution in [0.2, 0.25) is 0 Å². The van der Waals surface area contributed by atoms with E-state index in [1.165, 1.54) is 0 Å². The van der Waals surface area contributed by atoms with E-state index in [0.29, 0.717) is 0 Å². The Hall–Kier alpha value is -1.59. The Bertz CT molecular complexity index is 260. The molecule has 0 heterocycles. The molecular weight excluding hydrogens is 188 g/mol. The minimum atomic E-state index is -0.995. The fourth-order valence-electron chi connectivity index (χ4n) is 0.553.